The molecule has 0 atom stereocenters. The summed E-state index contributed by atoms with van der Waals surface area (Å²) in [6, 6.07) is 11.2. The average Bonchev–Trinajstić information content (AvgIpc) is 3.44. The van der Waals surface area contributed by atoms with Crippen molar-refractivity contribution in [3.05, 3.63) is 61.3 Å². The van der Waals surface area contributed by atoms with Gasteiger partial charge in [-0.3, -0.25) is 9.69 Å². The molecular weight excluding hydrogens is 452 g/mol. The van der Waals surface area contributed by atoms with Gasteiger partial charge in [0.1, 0.15) is 17.4 Å². The van der Waals surface area contributed by atoms with Crippen LogP contribution in [0.1, 0.15) is 40.2 Å². The van der Waals surface area contributed by atoms with Gasteiger partial charge < -0.3 is 15.0 Å². The smallest absolute Gasteiger partial charge is 0.237 e. The predicted molar refractivity (Wildman–Crippen MR) is 148 cm³/mol. The van der Waals surface area contributed by atoms with E-state index in [0.717, 1.165) is 36.8 Å². The number of aromatic nitrogens is 3. The fourth-order valence-electron chi connectivity index (χ4n) is 4.84. The van der Waals surface area contributed by atoms with Crippen molar-refractivity contribution in [2.75, 3.05) is 45.2 Å². The van der Waals surface area contributed by atoms with Crippen molar-refractivity contribution in [2.45, 2.75) is 41.0 Å². The highest BCUT2D eigenvalue weighted by Crippen LogP contribution is 2.38. The van der Waals surface area contributed by atoms with Crippen LogP contribution in [0.3, 0.4) is 0 Å². The molecule has 2 aromatic heterocycles. The van der Waals surface area contributed by atoms with Crippen molar-refractivity contribution in [3.8, 4) is 11.6 Å². The maximum atomic E-state index is 11.4. The summed E-state index contributed by atoms with van der Waals surface area (Å²) in [6.07, 6.45) is 3.56. The molecule has 1 aromatic carbocycles. The molecule has 2 fully saturated rings. The molecule has 0 unspecified atom stereocenters. The number of hydrogen-bond donors (Lipinski definition) is 1. The first-order chi connectivity index (χ1) is 17.0. The van der Waals surface area contributed by atoms with Crippen molar-refractivity contribution >= 4 is 17.2 Å². The van der Waals surface area contributed by atoms with Gasteiger partial charge in [0.2, 0.25) is 5.88 Å². The zero-order valence-electron chi connectivity index (χ0n) is 21.5. The minimum Gasteiger partial charge on any atom is -0.438 e. The first-order valence-electron chi connectivity index (χ1n) is 12.2. The predicted octanol–water partition coefficient (Wildman–Crippen LogP) is 5.12. The maximum absolute atomic E-state index is 11.4. The van der Waals surface area contributed by atoms with E-state index in [0.29, 0.717) is 23.5 Å². The Bertz CT molecular complexity index is 1120. The van der Waals surface area contributed by atoms with Crippen molar-refractivity contribution in [2.24, 2.45) is 5.41 Å². The first-order valence-corrected chi connectivity index (χ1v) is 12.2. The second-order valence-corrected chi connectivity index (χ2v) is 9.04. The second kappa shape index (κ2) is 13.2. The Morgan fingerprint density at radius 2 is 1.92 bits per heavy atom. The Kier molecular flexibility index (Phi) is 10.6. The van der Waals surface area contributed by atoms with Gasteiger partial charge in [0.15, 0.2) is 5.65 Å². The molecule has 1 N–H and O–H groups in total. The summed E-state index contributed by atoms with van der Waals surface area (Å²) in [4.78, 5) is 20.8. The number of rotatable bonds is 7. The van der Waals surface area contributed by atoms with Crippen molar-refractivity contribution < 1.29 is 9.53 Å². The minimum absolute atomic E-state index is 0. The highest BCUT2D eigenvalue weighted by Gasteiger charge is 2.45. The number of carbonyl (C=O) groups excluding carboxylic acids is 1. The fourth-order valence-corrected chi connectivity index (χ4v) is 4.84. The summed E-state index contributed by atoms with van der Waals surface area (Å²) in [6.45, 7) is 17.1. The number of benzene rings is 1. The summed E-state index contributed by atoms with van der Waals surface area (Å²) in [5.74, 6) is 2.07. The first kappa shape index (κ1) is 29.0. The van der Waals surface area contributed by atoms with Crippen LogP contribution in [-0.2, 0) is 11.2 Å². The van der Waals surface area contributed by atoms with Gasteiger partial charge in [-0.1, -0.05) is 33.4 Å². The number of likely N-dealkylation sites (tertiary alicyclic amines) is 2. The van der Waals surface area contributed by atoms with E-state index in [1.807, 2.05) is 50.4 Å². The number of anilines is 1. The van der Waals surface area contributed by atoms with Gasteiger partial charge >= 0.3 is 0 Å². The summed E-state index contributed by atoms with van der Waals surface area (Å²) >= 11 is 0. The van der Waals surface area contributed by atoms with Gasteiger partial charge in [0.25, 0.3) is 0 Å². The number of ketones is 1. The zero-order valence-corrected chi connectivity index (χ0v) is 21.5. The highest BCUT2D eigenvalue weighted by molar-refractivity contribution is 5.78. The molecule has 0 saturated carbocycles. The summed E-state index contributed by atoms with van der Waals surface area (Å²) in [5, 5.41) is 7.96. The van der Waals surface area contributed by atoms with E-state index >= 15 is 0 Å². The van der Waals surface area contributed by atoms with Gasteiger partial charge in [-0.25, -0.2) is 9.50 Å². The van der Waals surface area contributed by atoms with E-state index in [9.17, 15) is 4.79 Å². The summed E-state index contributed by atoms with van der Waals surface area (Å²) in [7, 11) is 2.19. The molecule has 0 amide bonds. The Labute approximate surface area is 216 Å². The molecule has 0 aliphatic carbocycles. The Morgan fingerprint density at radius 1 is 1.17 bits per heavy atom. The van der Waals surface area contributed by atoms with E-state index in [-0.39, 0.29) is 13.2 Å². The van der Waals surface area contributed by atoms with Crippen LogP contribution in [-0.4, -0.2) is 70.1 Å². The van der Waals surface area contributed by atoms with Crippen molar-refractivity contribution in [1.82, 2.24) is 24.4 Å². The molecule has 4 heterocycles. The molecule has 36 heavy (non-hydrogen) atoms. The van der Waals surface area contributed by atoms with E-state index < -0.39 is 0 Å². The molecule has 0 bridgehead atoms. The molecule has 2 saturated heterocycles. The van der Waals surface area contributed by atoms with Crippen LogP contribution in [0, 0.1) is 5.41 Å². The van der Waals surface area contributed by atoms with Crippen LogP contribution in [0.2, 0.25) is 0 Å². The zero-order chi connectivity index (χ0) is 25.4. The van der Waals surface area contributed by atoms with Gasteiger partial charge in [-0.2, -0.15) is 0 Å². The lowest BCUT2D eigenvalue weighted by molar-refractivity contribution is -0.116. The molecule has 0 radical (unpaired) electrons. The second-order valence-electron chi connectivity index (χ2n) is 9.04. The monoisotopic (exact) mass is 494 g/mol. The van der Waals surface area contributed by atoms with Gasteiger partial charge in [-0.15, -0.1) is 18.3 Å². The molecule has 196 valence electrons. The third-order valence-corrected chi connectivity index (χ3v) is 6.08. The van der Waals surface area contributed by atoms with Crippen molar-refractivity contribution in [3.63, 3.8) is 0 Å². The standard InChI is InChI=1S/C23H28N6O2.C2H6.C2H4.CH4/c1-17(30)10-18-4-3-5-19(11-18)31-22-7-6-21-25-20(12-29(21)26-22)24-16-28-9-8-23(15-28)13-27(2)14-23;2*1-2;/h3-7,11-12,24H,8-10,13-16H2,1-2H3;1-2H3;1-2H2;1H4. The summed E-state index contributed by atoms with van der Waals surface area (Å²) in [5.41, 5.74) is 2.20. The normalized spacial score (nSPS) is 16.1. The maximum Gasteiger partial charge on any atom is 0.237 e. The molecule has 3 aromatic rings. The lowest BCUT2D eigenvalue weighted by Gasteiger charge is -2.46. The molecule has 1 spiro atoms. The number of hydrogen-bond acceptors (Lipinski definition) is 7. The van der Waals surface area contributed by atoms with E-state index in [1.165, 1.54) is 19.5 Å². The van der Waals surface area contributed by atoms with E-state index in [2.05, 4.69) is 45.4 Å². The Hall–Kier alpha value is -3.23. The third-order valence-electron chi connectivity index (χ3n) is 6.08. The molecular formula is C28H42N6O2. The van der Waals surface area contributed by atoms with Crippen LogP contribution >= 0.6 is 0 Å². The van der Waals surface area contributed by atoms with Crippen LogP contribution in [0.5, 0.6) is 11.6 Å². The van der Waals surface area contributed by atoms with E-state index in [1.54, 1.807) is 17.5 Å². The number of Topliss-reactive ketones (excluding diaryl/α,β-unsaturated/α-hetero) is 1. The topological polar surface area (TPSA) is 75.0 Å². The number of fused-ring (bicyclic) bond motifs is 1. The molecule has 2 aliphatic heterocycles. The highest BCUT2D eigenvalue weighted by atomic mass is 16.5. The van der Waals surface area contributed by atoms with Crippen LogP contribution < -0.4 is 10.1 Å². The average molecular weight is 495 g/mol. The third kappa shape index (κ3) is 7.15. The largest absolute Gasteiger partial charge is 0.438 e. The number of ether oxygens (including phenoxy) is 1. The van der Waals surface area contributed by atoms with Gasteiger partial charge in [0.05, 0.1) is 12.9 Å². The number of nitrogens with one attached hydrogen (secondary N) is 1. The van der Waals surface area contributed by atoms with Crippen LogP contribution in [0.15, 0.2) is 55.8 Å². The SMILES string of the molecule is C.C=C.CC.CC(=O)Cc1cccc(Oc2ccc3nc(NCN4CCC5(CN(C)C5)C4)cn3n2)c1. The number of imidazole rings is 1. The van der Waals surface area contributed by atoms with Crippen LogP contribution in [0.4, 0.5) is 5.82 Å². The Balaban J connectivity index is 0.000000871. The summed E-state index contributed by atoms with van der Waals surface area (Å²) < 4.78 is 7.63. The molecule has 8 heteroatoms. The lowest BCUT2D eigenvalue weighted by atomic mass is 9.80. The molecule has 8 nitrogen and oxygen atoms in total. The lowest BCUT2D eigenvalue weighted by Crippen LogP contribution is -2.55. The van der Waals surface area contributed by atoms with Gasteiger partial charge in [-0.05, 0) is 44.2 Å². The quantitative estimate of drug-likeness (QED) is 0.457. The minimum atomic E-state index is 0. The fraction of sp³-hybridized carbons (Fsp3) is 0.464. The van der Waals surface area contributed by atoms with E-state index in [4.69, 9.17) is 4.74 Å². The van der Waals surface area contributed by atoms with Gasteiger partial charge in [0, 0.05) is 44.1 Å². The molecule has 2 aliphatic rings. The van der Waals surface area contributed by atoms with Crippen molar-refractivity contribution in [1.29, 1.82) is 0 Å². The van der Waals surface area contributed by atoms with Crippen LogP contribution in [0.25, 0.3) is 5.65 Å². The Morgan fingerprint density at radius 3 is 2.61 bits per heavy atom. The number of carbonyl (C=O) groups is 1. The molecule has 5 rings (SSSR count). The number of nitrogens with zero attached hydrogens (tertiary/aromatic N) is 5.